The summed E-state index contributed by atoms with van der Waals surface area (Å²) >= 11 is 0. The van der Waals surface area contributed by atoms with E-state index in [1.54, 1.807) is 16.7 Å². The lowest BCUT2D eigenvalue weighted by molar-refractivity contribution is -0.141. The Bertz CT molecular complexity index is 1080. The Hall–Kier alpha value is -2.95. The van der Waals surface area contributed by atoms with Gasteiger partial charge in [-0.05, 0) is 49.5 Å². The van der Waals surface area contributed by atoms with E-state index in [0.717, 1.165) is 23.3 Å². The summed E-state index contributed by atoms with van der Waals surface area (Å²) in [5, 5.41) is 9.48. The molecule has 2 aromatic rings. The second-order valence-corrected chi connectivity index (χ2v) is 7.45. The van der Waals surface area contributed by atoms with Crippen LogP contribution in [0.5, 0.6) is 0 Å². The third-order valence-electron chi connectivity index (χ3n) is 5.81. The number of hydrogen-bond donors (Lipinski definition) is 1. The summed E-state index contributed by atoms with van der Waals surface area (Å²) in [7, 11) is 0. The van der Waals surface area contributed by atoms with Crippen molar-refractivity contribution in [2.75, 3.05) is 0 Å². The SMILES string of the molecule is Cc1ccc(C=C2CCc3c2nc2n(c3=O)C3CC3(C(=O)O)C=C2)cc1. The first-order chi connectivity index (χ1) is 12.5. The Morgan fingerprint density at radius 2 is 2.08 bits per heavy atom. The molecule has 1 saturated carbocycles. The van der Waals surface area contributed by atoms with Crippen molar-refractivity contribution in [1.82, 2.24) is 9.55 Å². The van der Waals surface area contributed by atoms with E-state index in [0.29, 0.717) is 24.2 Å². The molecule has 0 saturated heterocycles. The largest absolute Gasteiger partial charge is 0.481 e. The lowest BCUT2D eigenvalue weighted by Gasteiger charge is -2.18. The zero-order valence-corrected chi connectivity index (χ0v) is 14.4. The lowest BCUT2D eigenvalue weighted by Crippen LogP contribution is -2.31. The summed E-state index contributed by atoms with van der Waals surface area (Å²) in [6.45, 7) is 2.05. The van der Waals surface area contributed by atoms with Gasteiger partial charge >= 0.3 is 5.97 Å². The van der Waals surface area contributed by atoms with E-state index in [1.165, 1.54) is 5.56 Å². The maximum atomic E-state index is 13.0. The molecule has 0 bridgehead atoms. The standard InChI is InChI=1S/C21H18N2O3/c1-12-2-4-13(5-3-12)10-14-6-7-15-18(14)22-17-8-9-21(20(25)26)11-16(21)23(17)19(15)24/h2-5,8-10,16H,6-7,11H2,1H3,(H,25,26). The maximum Gasteiger partial charge on any atom is 0.315 e. The van der Waals surface area contributed by atoms with Crippen molar-refractivity contribution in [3.63, 3.8) is 0 Å². The van der Waals surface area contributed by atoms with E-state index in [9.17, 15) is 14.7 Å². The van der Waals surface area contributed by atoms with Gasteiger partial charge in [-0.15, -0.1) is 0 Å². The third-order valence-corrected chi connectivity index (χ3v) is 5.81. The molecule has 1 N–H and O–H groups in total. The van der Waals surface area contributed by atoms with E-state index in [-0.39, 0.29) is 11.6 Å². The van der Waals surface area contributed by atoms with Gasteiger partial charge in [-0.2, -0.15) is 0 Å². The predicted octanol–water partition coefficient (Wildman–Crippen LogP) is 3.08. The van der Waals surface area contributed by atoms with Crippen LogP contribution < -0.4 is 5.56 Å². The van der Waals surface area contributed by atoms with Gasteiger partial charge in [-0.1, -0.05) is 35.9 Å². The number of allylic oxidation sites excluding steroid dienone is 1. The van der Waals surface area contributed by atoms with Crippen LogP contribution in [0, 0.1) is 12.3 Å². The Balaban J connectivity index is 1.61. The van der Waals surface area contributed by atoms with Crippen molar-refractivity contribution in [3.05, 3.63) is 68.9 Å². The van der Waals surface area contributed by atoms with Gasteiger partial charge in [0.05, 0.1) is 11.7 Å². The van der Waals surface area contributed by atoms with Crippen molar-refractivity contribution in [3.8, 4) is 0 Å². The molecule has 1 fully saturated rings. The van der Waals surface area contributed by atoms with Crippen LogP contribution in [0.4, 0.5) is 0 Å². The van der Waals surface area contributed by atoms with Gasteiger partial charge < -0.3 is 5.11 Å². The first kappa shape index (κ1) is 15.3. The molecule has 0 spiro atoms. The minimum atomic E-state index is -0.911. The molecule has 1 aliphatic heterocycles. The summed E-state index contributed by atoms with van der Waals surface area (Å²) in [6, 6.07) is 7.97. The molecular formula is C21H18N2O3. The number of fused-ring (bicyclic) bond motifs is 4. The first-order valence-electron chi connectivity index (χ1n) is 8.85. The maximum absolute atomic E-state index is 13.0. The van der Waals surface area contributed by atoms with Crippen LogP contribution in [0.1, 0.15) is 47.1 Å². The average Bonchev–Trinajstić information content (AvgIpc) is 3.26. The van der Waals surface area contributed by atoms with Gasteiger partial charge in [0, 0.05) is 5.56 Å². The van der Waals surface area contributed by atoms with Crippen LogP contribution in [-0.2, 0) is 11.2 Å². The molecule has 5 rings (SSSR count). The Labute approximate surface area is 150 Å². The molecule has 26 heavy (non-hydrogen) atoms. The third kappa shape index (κ3) is 2.00. The molecule has 2 atom stereocenters. The minimum absolute atomic E-state index is 0.0743. The van der Waals surface area contributed by atoms with E-state index in [4.69, 9.17) is 4.98 Å². The summed E-state index contributed by atoms with van der Waals surface area (Å²) < 4.78 is 1.60. The molecule has 0 amide bonds. The van der Waals surface area contributed by atoms with Crippen molar-refractivity contribution >= 4 is 23.7 Å². The zero-order valence-electron chi connectivity index (χ0n) is 14.4. The smallest absolute Gasteiger partial charge is 0.315 e. The fraction of sp³-hybridized carbons (Fsp3) is 0.286. The van der Waals surface area contributed by atoms with Crippen LogP contribution in [-0.4, -0.2) is 20.6 Å². The monoisotopic (exact) mass is 346 g/mol. The van der Waals surface area contributed by atoms with Crippen LogP contribution >= 0.6 is 0 Å². The number of carboxylic acid groups (broad SMARTS) is 1. The van der Waals surface area contributed by atoms with Gasteiger partial charge in [-0.25, -0.2) is 4.98 Å². The predicted molar refractivity (Wildman–Crippen MR) is 98.6 cm³/mol. The van der Waals surface area contributed by atoms with Gasteiger partial charge in [0.25, 0.3) is 5.56 Å². The molecule has 130 valence electrons. The van der Waals surface area contributed by atoms with Crippen LogP contribution in [0.15, 0.2) is 35.1 Å². The number of nitrogens with zero attached hydrogens (tertiary/aromatic N) is 2. The van der Waals surface area contributed by atoms with Crippen molar-refractivity contribution in [1.29, 1.82) is 0 Å². The Morgan fingerprint density at radius 1 is 1.31 bits per heavy atom. The van der Waals surface area contributed by atoms with Gasteiger partial charge in [0.1, 0.15) is 11.2 Å². The van der Waals surface area contributed by atoms with Crippen molar-refractivity contribution in [2.45, 2.75) is 32.2 Å². The molecule has 5 nitrogen and oxygen atoms in total. The number of carbonyl (C=O) groups is 1. The number of aliphatic carboxylic acids is 1. The summed E-state index contributed by atoms with van der Waals surface area (Å²) in [6.07, 6.45) is 7.41. The molecule has 2 aliphatic carbocycles. The van der Waals surface area contributed by atoms with Crippen molar-refractivity contribution in [2.24, 2.45) is 5.41 Å². The van der Waals surface area contributed by atoms with E-state index in [2.05, 4.69) is 37.3 Å². The van der Waals surface area contributed by atoms with Gasteiger partial charge in [0.2, 0.25) is 0 Å². The Morgan fingerprint density at radius 3 is 2.81 bits per heavy atom. The molecule has 5 heteroatoms. The summed E-state index contributed by atoms with van der Waals surface area (Å²) in [5.41, 5.74) is 3.88. The molecule has 0 radical (unpaired) electrons. The second-order valence-electron chi connectivity index (χ2n) is 7.45. The number of aromatic nitrogens is 2. The van der Waals surface area contributed by atoms with E-state index >= 15 is 0 Å². The van der Waals surface area contributed by atoms with Crippen LogP contribution in [0.25, 0.3) is 17.7 Å². The highest BCUT2D eigenvalue weighted by Gasteiger charge is 2.62. The fourth-order valence-electron chi connectivity index (χ4n) is 4.16. The molecular weight excluding hydrogens is 328 g/mol. The molecule has 1 aromatic heterocycles. The number of carboxylic acids is 1. The van der Waals surface area contributed by atoms with Crippen LogP contribution in [0.2, 0.25) is 0 Å². The topological polar surface area (TPSA) is 72.2 Å². The molecule has 3 aliphatic rings. The number of hydrogen-bond acceptors (Lipinski definition) is 3. The quantitative estimate of drug-likeness (QED) is 0.907. The minimum Gasteiger partial charge on any atom is -0.481 e. The van der Waals surface area contributed by atoms with Gasteiger partial charge in [-0.3, -0.25) is 14.2 Å². The van der Waals surface area contributed by atoms with E-state index < -0.39 is 11.4 Å². The van der Waals surface area contributed by atoms with E-state index in [1.807, 2.05) is 0 Å². The lowest BCUT2D eigenvalue weighted by atomic mass is 10.0. The number of benzene rings is 1. The second kappa shape index (κ2) is 5.04. The average molecular weight is 346 g/mol. The fourth-order valence-corrected chi connectivity index (χ4v) is 4.16. The van der Waals surface area contributed by atoms with Crippen LogP contribution in [0.3, 0.4) is 0 Å². The first-order valence-corrected chi connectivity index (χ1v) is 8.85. The molecule has 1 aromatic carbocycles. The molecule has 2 heterocycles. The summed E-state index contributed by atoms with van der Waals surface area (Å²) in [4.78, 5) is 29.3. The number of aryl methyl sites for hydroxylation is 1. The summed E-state index contributed by atoms with van der Waals surface area (Å²) in [5.74, 6) is -0.290. The van der Waals surface area contributed by atoms with Gasteiger partial charge in [0.15, 0.2) is 0 Å². The Kier molecular flexibility index (Phi) is 2.97. The molecule has 2 unspecified atom stereocenters. The highest BCUT2D eigenvalue weighted by atomic mass is 16.4. The van der Waals surface area contributed by atoms with Crippen molar-refractivity contribution < 1.29 is 9.90 Å². The number of rotatable bonds is 2. The zero-order chi connectivity index (χ0) is 18.1. The normalized spacial score (nSPS) is 26.3. The highest BCUT2D eigenvalue weighted by molar-refractivity contribution is 5.86. The highest BCUT2D eigenvalue weighted by Crippen LogP contribution is 2.59.